The number of carbonyl (C=O) groups is 2. The highest BCUT2D eigenvalue weighted by atomic mass is 32.1. The van der Waals surface area contributed by atoms with Gasteiger partial charge in [0.25, 0.3) is 11.8 Å². The molecule has 0 heterocycles. The molecular formula is C24H22N2O2S. The fourth-order valence-electron chi connectivity index (χ4n) is 3.24. The monoisotopic (exact) mass is 402 g/mol. The molecule has 0 saturated carbocycles. The van der Waals surface area contributed by atoms with Gasteiger partial charge < -0.3 is 5.32 Å². The zero-order valence-corrected chi connectivity index (χ0v) is 17.4. The number of amides is 2. The molecule has 0 aromatic heterocycles. The van der Waals surface area contributed by atoms with Crippen LogP contribution in [0.4, 0.5) is 5.69 Å². The topological polar surface area (TPSA) is 49.4 Å². The van der Waals surface area contributed by atoms with Gasteiger partial charge in [0.15, 0.2) is 5.11 Å². The van der Waals surface area contributed by atoms with E-state index in [9.17, 15) is 9.59 Å². The van der Waals surface area contributed by atoms with Crippen molar-refractivity contribution < 1.29 is 9.59 Å². The van der Waals surface area contributed by atoms with Crippen LogP contribution in [0, 0.1) is 20.8 Å². The lowest BCUT2D eigenvalue weighted by Gasteiger charge is -2.24. The number of imide groups is 1. The number of nitrogens with one attached hydrogen (secondary N) is 1. The van der Waals surface area contributed by atoms with Gasteiger partial charge in [-0.2, -0.15) is 0 Å². The summed E-state index contributed by atoms with van der Waals surface area (Å²) in [4.78, 5) is 27.4. The Bertz CT molecular complexity index is 988. The molecule has 0 radical (unpaired) electrons. The number of carbonyl (C=O) groups excluding carboxylic acids is 2. The third-order valence-electron chi connectivity index (χ3n) is 4.56. The first kappa shape index (κ1) is 20.4. The van der Waals surface area contributed by atoms with Crippen LogP contribution in [0.2, 0.25) is 0 Å². The minimum absolute atomic E-state index is 0.0442. The minimum Gasteiger partial charge on any atom is -0.331 e. The lowest BCUT2D eigenvalue weighted by molar-refractivity contribution is 0.0716. The molecule has 0 aliphatic heterocycles. The van der Waals surface area contributed by atoms with E-state index in [0.717, 1.165) is 27.3 Å². The van der Waals surface area contributed by atoms with Gasteiger partial charge in [-0.25, -0.2) is 4.90 Å². The summed E-state index contributed by atoms with van der Waals surface area (Å²) in [5.41, 5.74) is 4.69. The van der Waals surface area contributed by atoms with Crippen molar-refractivity contribution in [1.29, 1.82) is 0 Å². The first-order valence-electron chi connectivity index (χ1n) is 9.26. The van der Waals surface area contributed by atoms with Gasteiger partial charge in [0.2, 0.25) is 0 Å². The molecule has 0 atom stereocenters. The maximum Gasteiger partial charge on any atom is 0.267 e. The van der Waals surface area contributed by atoms with Crippen LogP contribution in [0.25, 0.3) is 0 Å². The average Bonchev–Trinajstić information content (AvgIpc) is 2.72. The van der Waals surface area contributed by atoms with Crippen molar-refractivity contribution in [1.82, 2.24) is 4.90 Å². The van der Waals surface area contributed by atoms with Crippen LogP contribution in [0.1, 0.15) is 37.4 Å². The quantitative estimate of drug-likeness (QED) is 0.478. The molecule has 0 aliphatic rings. The Morgan fingerprint density at radius 3 is 1.59 bits per heavy atom. The summed E-state index contributed by atoms with van der Waals surface area (Å²) in [6, 6.07) is 21.4. The fourth-order valence-corrected chi connectivity index (χ4v) is 3.50. The normalized spacial score (nSPS) is 10.3. The van der Waals surface area contributed by atoms with Gasteiger partial charge in [0, 0.05) is 16.8 Å². The van der Waals surface area contributed by atoms with E-state index < -0.39 is 11.8 Å². The molecule has 146 valence electrons. The third-order valence-corrected chi connectivity index (χ3v) is 4.84. The summed E-state index contributed by atoms with van der Waals surface area (Å²) >= 11 is 5.54. The first-order chi connectivity index (χ1) is 13.9. The van der Waals surface area contributed by atoms with Crippen LogP contribution in [0.15, 0.2) is 72.8 Å². The zero-order valence-electron chi connectivity index (χ0n) is 16.6. The van der Waals surface area contributed by atoms with Gasteiger partial charge in [-0.05, 0) is 68.4 Å². The lowest BCUT2D eigenvalue weighted by Crippen LogP contribution is -2.44. The second kappa shape index (κ2) is 8.80. The van der Waals surface area contributed by atoms with Crippen LogP contribution in [-0.2, 0) is 0 Å². The maximum atomic E-state index is 13.2. The molecule has 3 aromatic rings. The molecule has 0 spiro atoms. The predicted molar refractivity (Wildman–Crippen MR) is 120 cm³/mol. The Kier molecular flexibility index (Phi) is 6.20. The molecule has 29 heavy (non-hydrogen) atoms. The molecule has 3 aromatic carbocycles. The molecule has 2 amide bonds. The standard InChI is InChI=1S/C24H22N2O2S/c1-16-14-17(2)21(18(3)15-16)25-24(29)26(22(27)19-10-6-4-7-11-19)23(28)20-12-8-5-9-13-20/h4-15H,1-3H3,(H,25,29). The van der Waals surface area contributed by atoms with Crippen LogP contribution in [-0.4, -0.2) is 21.8 Å². The second-order valence-electron chi connectivity index (χ2n) is 6.88. The minimum atomic E-state index is -0.473. The largest absolute Gasteiger partial charge is 0.331 e. The van der Waals surface area contributed by atoms with Crippen molar-refractivity contribution in [2.24, 2.45) is 0 Å². The highest BCUT2D eigenvalue weighted by molar-refractivity contribution is 7.80. The highest BCUT2D eigenvalue weighted by Gasteiger charge is 2.28. The number of benzene rings is 3. The second-order valence-corrected chi connectivity index (χ2v) is 7.27. The van der Waals surface area contributed by atoms with E-state index in [2.05, 4.69) is 5.32 Å². The van der Waals surface area contributed by atoms with Gasteiger partial charge in [0.1, 0.15) is 0 Å². The number of rotatable bonds is 3. The number of hydrogen-bond acceptors (Lipinski definition) is 3. The Balaban J connectivity index is 2.00. The number of hydrogen-bond donors (Lipinski definition) is 1. The molecule has 0 aliphatic carbocycles. The molecule has 0 saturated heterocycles. The van der Waals surface area contributed by atoms with E-state index in [0.29, 0.717) is 11.1 Å². The molecule has 0 fully saturated rings. The predicted octanol–water partition coefficient (Wildman–Crippen LogP) is 5.29. The Morgan fingerprint density at radius 2 is 1.17 bits per heavy atom. The van der Waals surface area contributed by atoms with E-state index in [1.807, 2.05) is 45.0 Å². The molecule has 5 heteroatoms. The van der Waals surface area contributed by atoms with Crippen molar-refractivity contribution in [2.75, 3.05) is 5.32 Å². The Morgan fingerprint density at radius 1 is 0.759 bits per heavy atom. The molecule has 0 unspecified atom stereocenters. The van der Waals surface area contributed by atoms with E-state index in [4.69, 9.17) is 12.2 Å². The number of aryl methyl sites for hydroxylation is 3. The van der Waals surface area contributed by atoms with Gasteiger partial charge >= 0.3 is 0 Å². The van der Waals surface area contributed by atoms with E-state index in [-0.39, 0.29) is 5.11 Å². The van der Waals surface area contributed by atoms with Crippen molar-refractivity contribution in [3.63, 3.8) is 0 Å². The average molecular weight is 403 g/mol. The van der Waals surface area contributed by atoms with Crippen LogP contribution in [0.3, 0.4) is 0 Å². The zero-order chi connectivity index (χ0) is 21.0. The third kappa shape index (κ3) is 4.58. The van der Waals surface area contributed by atoms with Crippen molar-refractivity contribution in [2.45, 2.75) is 20.8 Å². The number of nitrogens with zero attached hydrogens (tertiary/aromatic N) is 1. The lowest BCUT2D eigenvalue weighted by atomic mass is 10.1. The van der Waals surface area contributed by atoms with E-state index >= 15 is 0 Å². The summed E-state index contributed by atoms with van der Waals surface area (Å²) < 4.78 is 0. The van der Waals surface area contributed by atoms with Crippen LogP contribution >= 0.6 is 12.2 Å². The van der Waals surface area contributed by atoms with Crippen molar-refractivity contribution in [3.8, 4) is 0 Å². The number of anilines is 1. The molecule has 1 N–H and O–H groups in total. The van der Waals surface area contributed by atoms with Crippen molar-refractivity contribution >= 4 is 34.8 Å². The summed E-state index contributed by atoms with van der Waals surface area (Å²) in [6.45, 7) is 5.95. The summed E-state index contributed by atoms with van der Waals surface area (Å²) in [7, 11) is 0. The molecule has 0 bridgehead atoms. The summed E-state index contributed by atoms with van der Waals surface area (Å²) in [5.74, 6) is -0.946. The highest BCUT2D eigenvalue weighted by Crippen LogP contribution is 2.23. The van der Waals surface area contributed by atoms with Gasteiger partial charge in [-0.1, -0.05) is 54.1 Å². The van der Waals surface area contributed by atoms with Gasteiger partial charge in [-0.3, -0.25) is 9.59 Å². The summed E-state index contributed by atoms with van der Waals surface area (Å²) in [6.07, 6.45) is 0. The molecule has 4 nitrogen and oxygen atoms in total. The van der Waals surface area contributed by atoms with Crippen LogP contribution in [0.5, 0.6) is 0 Å². The van der Waals surface area contributed by atoms with E-state index in [1.54, 1.807) is 48.5 Å². The fraction of sp³-hybridized carbons (Fsp3) is 0.125. The summed E-state index contributed by atoms with van der Waals surface area (Å²) in [5, 5.41) is 3.17. The maximum absolute atomic E-state index is 13.2. The van der Waals surface area contributed by atoms with Crippen molar-refractivity contribution in [3.05, 3.63) is 101 Å². The number of thiocarbonyl (C=S) groups is 1. The molecular weight excluding hydrogens is 380 g/mol. The SMILES string of the molecule is Cc1cc(C)c(NC(=S)N(C(=O)c2ccccc2)C(=O)c2ccccc2)c(C)c1. The van der Waals surface area contributed by atoms with Gasteiger partial charge in [0.05, 0.1) is 0 Å². The first-order valence-corrected chi connectivity index (χ1v) is 9.67. The van der Waals surface area contributed by atoms with Crippen LogP contribution < -0.4 is 5.32 Å². The Hall–Kier alpha value is -3.31. The smallest absolute Gasteiger partial charge is 0.267 e. The molecule has 3 rings (SSSR count). The van der Waals surface area contributed by atoms with Gasteiger partial charge in [-0.15, -0.1) is 0 Å². The Labute approximate surface area is 176 Å². The van der Waals surface area contributed by atoms with E-state index in [1.165, 1.54) is 0 Å².